The van der Waals surface area contributed by atoms with Gasteiger partial charge >= 0.3 is 0 Å². The topological polar surface area (TPSA) is 54.8 Å². The SMILES string of the molecule is C=CCOCCC.C=Cc1cc(C)cc(C)c1.CC.CC(=O)N1CC(C2CCCCC2)N=C1c1ncc(C)cc1C.CCC. The van der Waals surface area contributed by atoms with Gasteiger partial charge in [0.15, 0.2) is 5.84 Å². The molecule has 0 radical (unpaired) electrons. The van der Waals surface area contributed by atoms with Gasteiger partial charge in [-0.1, -0.05) is 114 Å². The van der Waals surface area contributed by atoms with Crippen molar-refractivity contribution in [3.63, 3.8) is 0 Å². The molecule has 1 atom stereocenters. The molecule has 1 amide bonds. The fraction of sp³-hybridized carbons (Fsp3) is 0.564. The second kappa shape index (κ2) is 24.3. The minimum Gasteiger partial charge on any atom is -0.377 e. The average Bonchev–Trinajstić information content (AvgIpc) is 3.45. The minimum atomic E-state index is 0.0684. The van der Waals surface area contributed by atoms with Gasteiger partial charge in [-0.15, -0.1) is 6.58 Å². The third-order valence-corrected chi connectivity index (χ3v) is 6.98. The maximum atomic E-state index is 12.1. The Morgan fingerprint density at radius 2 is 1.55 bits per heavy atom. The summed E-state index contributed by atoms with van der Waals surface area (Å²) < 4.78 is 5.01. The van der Waals surface area contributed by atoms with Crippen molar-refractivity contribution in [2.75, 3.05) is 19.8 Å². The molecule has 1 fully saturated rings. The van der Waals surface area contributed by atoms with Gasteiger partial charge in [0.25, 0.3) is 0 Å². The van der Waals surface area contributed by atoms with Crippen molar-refractivity contribution in [3.05, 3.63) is 83.2 Å². The Morgan fingerprint density at radius 1 is 0.955 bits per heavy atom. The monoisotopic (exact) mass is 605 g/mol. The molecule has 2 heterocycles. The molecule has 1 aromatic heterocycles. The summed E-state index contributed by atoms with van der Waals surface area (Å²) in [4.78, 5) is 23.4. The Balaban J connectivity index is 0.000000697. The number of aliphatic imine (C=N–C) groups is 1. The zero-order valence-electron chi connectivity index (χ0n) is 29.8. The highest BCUT2D eigenvalue weighted by atomic mass is 16.5. The molecular formula is C39H63N3O2. The van der Waals surface area contributed by atoms with Crippen LogP contribution in [0.25, 0.3) is 6.08 Å². The van der Waals surface area contributed by atoms with E-state index in [9.17, 15) is 4.79 Å². The molecule has 0 N–H and O–H groups in total. The number of amides is 1. The number of pyridine rings is 1. The molecule has 44 heavy (non-hydrogen) atoms. The molecule has 1 aromatic carbocycles. The number of hydrogen-bond acceptors (Lipinski definition) is 4. The molecule has 5 nitrogen and oxygen atoms in total. The quantitative estimate of drug-likeness (QED) is 0.233. The summed E-state index contributed by atoms with van der Waals surface area (Å²) in [6.45, 7) is 29.7. The second-order valence-electron chi connectivity index (χ2n) is 11.4. The number of rotatable bonds is 7. The van der Waals surface area contributed by atoms with E-state index in [1.54, 1.807) is 13.0 Å². The smallest absolute Gasteiger partial charge is 0.225 e. The average molecular weight is 606 g/mol. The van der Waals surface area contributed by atoms with Crippen molar-refractivity contribution >= 4 is 17.8 Å². The summed E-state index contributed by atoms with van der Waals surface area (Å²) in [5.74, 6) is 1.47. The van der Waals surface area contributed by atoms with E-state index >= 15 is 0 Å². The van der Waals surface area contributed by atoms with E-state index in [4.69, 9.17) is 9.73 Å². The predicted molar refractivity (Wildman–Crippen MR) is 193 cm³/mol. The molecule has 1 aliphatic heterocycles. The molecule has 2 aliphatic rings. The van der Waals surface area contributed by atoms with Crippen molar-refractivity contribution < 1.29 is 9.53 Å². The number of carbonyl (C=O) groups excluding carboxylic acids is 1. The standard InChI is InChI=1S/C18H25N3O.C10H12.C6H12O.C3H8.C2H6/c1-12-9-13(2)17(19-10-12)18-20-16(11-21(18)14(3)22)15-7-5-4-6-8-15;1-4-10-6-8(2)5-9(3)7-10;1-3-5-7-6-4-2;1-3-2;1-2/h9-10,15-16H,4-8,11H2,1-3H3;4-7H,1H2,2-3H3;3H,1,4-6H2,2H3;3H2,1-2H3;1-2H3. The molecule has 246 valence electrons. The molecule has 0 saturated heterocycles. The van der Waals surface area contributed by atoms with Crippen molar-refractivity contribution in [2.24, 2.45) is 10.9 Å². The molecule has 1 saturated carbocycles. The Kier molecular flexibility index (Phi) is 22.6. The maximum Gasteiger partial charge on any atom is 0.225 e. The minimum absolute atomic E-state index is 0.0684. The van der Waals surface area contributed by atoms with Gasteiger partial charge in [-0.25, -0.2) is 0 Å². The number of hydrogen-bond donors (Lipinski definition) is 0. The van der Waals surface area contributed by atoms with Crippen LogP contribution >= 0.6 is 0 Å². The highest BCUT2D eigenvalue weighted by Crippen LogP contribution is 2.32. The van der Waals surface area contributed by atoms with Crippen molar-refractivity contribution in [2.45, 2.75) is 120 Å². The Hall–Kier alpha value is -3.05. The van der Waals surface area contributed by atoms with Gasteiger partial charge in [-0.2, -0.15) is 0 Å². The van der Waals surface area contributed by atoms with Crippen LogP contribution in [0.5, 0.6) is 0 Å². The highest BCUT2D eigenvalue weighted by Gasteiger charge is 2.35. The fourth-order valence-corrected chi connectivity index (χ4v) is 5.17. The number of aromatic nitrogens is 1. The third-order valence-electron chi connectivity index (χ3n) is 6.98. The number of nitrogens with zero attached hydrogens (tertiary/aromatic N) is 3. The second-order valence-corrected chi connectivity index (χ2v) is 11.4. The van der Waals surface area contributed by atoms with Gasteiger partial charge in [-0.3, -0.25) is 19.7 Å². The number of aryl methyl sites for hydroxylation is 4. The number of benzene rings is 1. The fourth-order valence-electron chi connectivity index (χ4n) is 5.17. The van der Waals surface area contributed by atoms with Gasteiger partial charge in [0.1, 0.15) is 5.69 Å². The summed E-state index contributed by atoms with van der Waals surface area (Å²) in [5, 5.41) is 0. The van der Waals surface area contributed by atoms with Gasteiger partial charge in [0.2, 0.25) is 5.91 Å². The summed E-state index contributed by atoms with van der Waals surface area (Å²) in [6, 6.07) is 8.77. The van der Waals surface area contributed by atoms with Crippen LogP contribution in [-0.2, 0) is 9.53 Å². The van der Waals surface area contributed by atoms with Crippen LogP contribution in [0.1, 0.15) is 120 Å². The van der Waals surface area contributed by atoms with E-state index in [2.05, 4.69) is 77.0 Å². The molecule has 2 aromatic rings. The normalized spacial score (nSPS) is 15.5. The van der Waals surface area contributed by atoms with E-state index in [-0.39, 0.29) is 11.9 Å². The van der Waals surface area contributed by atoms with Gasteiger partial charge < -0.3 is 4.74 Å². The van der Waals surface area contributed by atoms with Crippen LogP contribution in [-0.4, -0.2) is 47.4 Å². The molecule has 0 spiro atoms. The summed E-state index contributed by atoms with van der Waals surface area (Å²) in [5.41, 5.74) is 6.90. The largest absolute Gasteiger partial charge is 0.377 e. The first-order valence-corrected chi connectivity index (χ1v) is 16.8. The van der Waals surface area contributed by atoms with Crippen LogP contribution < -0.4 is 0 Å². The van der Waals surface area contributed by atoms with E-state index in [1.165, 1.54) is 55.2 Å². The lowest BCUT2D eigenvalue weighted by molar-refractivity contribution is -0.124. The molecule has 4 rings (SSSR count). The lowest BCUT2D eigenvalue weighted by atomic mass is 9.84. The van der Waals surface area contributed by atoms with Crippen LogP contribution in [0, 0.1) is 33.6 Å². The van der Waals surface area contributed by atoms with Crippen LogP contribution in [0.3, 0.4) is 0 Å². The summed E-state index contributed by atoms with van der Waals surface area (Å²) >= 11 is 0. The molecular weight excluding hydrogens is 542 g/mol. The van der Waals surface area contributed by atoms with Crippen LogP contribution in [0.4, 0.5) is 0 Å². The van der Waals surface area contributed by atoms with E-state index < -0.39 is 0 Å². The predicted octanol–water partition coefficient (Wildman–Crippen LogP) is 10.2. The Morgan fingerprint density at radius 3 is 2.02 bits per heavy atom. The van der Waals surface area contributed by atoms with E-state index in [0.29, 0.717) is 12.5 Å². The van der Waals surface area contributed by atoms with Gasteiger partial charge in [0.05, 0.1) is 19.2 Å². The highest BCUT2D eigenvalue weighted by molar-refractivity contribution is 6.08. The summed E-state index contributed by atoms with van der Waals surface area (Å²) in [6.07, 6.45) is 14.3. The van der Waals surface area contributed by atoms with Crippen molar-refractivity contribution in [1.82, 2.24) is 9.88 Å². The van der Waals surface area contributed by atoms with Gasteiger partial charge in [-0.05, 0) is 69.6 Å². The van der Waals surface area contributed by atoms with Gasteiger partial charge in [0, 0.05) is 19.7 Å². The Labute approximate surface area is 270 Å². The third kappa shape index (κ3) is 15.6. The number of carbonyl (C=O) groups is 1. The summed E-state index contributed by atoms with van der Waals surface area (Å²) in [7, 11) is 0. The maximum absolute atomic E-state index is 12.1. The molecule has 5 heteroatoms. The lowest BCUT2D eigenvalue weighted by Crippen LogP contribution is -2.36. The zero-order chi connectivity index (χ0) is 33.5. The molecule has 1 unspecified atom stereocenters. The van der Waals surface area contributed by atoms with E-state index in [1.807, 2.05) is 44.9 Å². The van der Waals surface area contributed by atoms with Crippen molar-refractivity contribution in [1.29, 1.82) is 0 Å². The number of ether oxygens (including phenoxy) is 1. The van der Waals surface area contributed by atoms with Crippen LogP contribution in [0.2, 0.25) is 0 Å². The first kappa shape index (κ1) is 41.0. The Bertz CT molecular complexity index is 1110. The molecule has 0 bridgehead atoms. The number of amidine groups is 1. The first-order chi connectivity index (χ1) is 21.1. The van der Waals surface area contributed by atoms with Crippen LogP contribution in [0.15, 0.2) is 54.7 Å². The first-order valence-electron chi connectivity index (χ1n) is 16.8. The lowest BCUT2D eigenvalue weighted by Gasteiger charge is -2.26. The van der Waals surface area contributed by atoms with Crippen molar-refractivity contribution in [3.8, 4) is 0 Å². The van der Waals surface area contributed by atoms with E-state index in [0.717, 1.165) is 42.2 Å². The zero-order valence-corrected chi connectivity index (χ0v) is 29.8. The molecule has 1 aliphatic carbocycles.